The number of aliphatic imine (C=N–C) groups is 1. The van der Waals surface area contributed by atoms with E-state index >= 15 is 0 Å². The Kier molecular flexibility index (Phi) is 10.5. The molecule has 0 saturated heterocycles. The minimum absolute atomic E-state index is 0. The van der Waals surface area contributed by atoms with Crippen LogP contribution in [0.25, 0.3) is 0 Å². The summed E-state index contributed by atoms with van der Waals surface area (Å²) in [5.41, 5.74) is 1.16. The lowest BCUT2D eigenvalue weighted by molar-refractivity contribution is 0.546. The molecule has 0 aromatic carbocycles. The Morgan fingerprint density at radius 2 is 2.20 bits per heavy atom. The van der Waals surface area contributed by atoms with E-state index in [9.17, 15) is 0 Å². The van der Waals surface area contributed by atoms with Crippen LogP contribution in [0.5, 0.6) is 0 Å². The maximum atomic E-state index is 4.25. The van der Waals surface area contributed by atoms with Crippen LogP contribution in [0, 0.1) is 0 Å². The minimum atomic E-state index is 0. The molecule has 0 aliphatic carbocycles. The Morgan fingerprint density at radius 1 is 1.45 bits per heavy atom. The molecule has 0 saturated carbocycles. The smallest absolute Gasteiger partial charge is 0.191 e. The normalized spacial score (nSPS) is 12.7. The Bertz CT molecular complexity index is 389. The number of unbranched alkanes of at least 4 members (excludes halogenated alkanes) is 2. The lowest BCUT2D eigenvalue weighted by atomic mass is 10.1. The van der Waals surface area contributed by atoms with Gasteiger partial charge in [-0.25, -0.2) is 0 Å². The van der Waals surface area contributed by atoms with Crippen molar-refractivity contribution in [3.8, 4) is 0 Å². The minimum Gasteiger partial charge on any atom is -0.354 e. The molecule has 1 aromatic rings. The lowest BCUT2D eigenvalue weighted by Crippen LogP contribution is -2.41. The average Bonchev–Trinajstić information content (AvgIpc) is 2.80. The maximum Gasteiger partial charge on any atom is 0.191 e. The van der Waals surface area contributed by atoms with Crippen molar-refractivity contribution < 1.29 is 0 Å². The molecule has 116 valence electrons. The van der Waals surface area contributed by atoms with Gasteiger partial charge in [-0.2, -0.15) is 5.10 Å². The average molecular weight is 393 g/mol. The predicted molar refractivity (Wildman–Crippen MR) is 95.6 cm³/mol. The van der Waals surface area contributed by atoms with Gasteiger partial charge in [-0.05, 0) is 13.3 Å². The van der Waals surface area contributed by atoms with Gasteiger partial charge in [0.15, 0.2) is 5.96 Å². The summed E-state index contributed by atoms with van der Waals surface area (Å²) in [7, 11) is 3.73. The molecule has 6 heteroatoms. The van der Waals surface area contributed by atoms with Gasteiger partial charge in [-0.15, -0.1) is 24.0 Å². The van der Waals surface area contributed by atoms with Crippen LogP contribution in [-0.2, 0) is 13.6 Å². The molecule has 1 rings (SSSR count). The van der Waals surface area contributed by atoms with Gasteiger partial charge in [0.25, 0.3) is 0 Å². The van der Waals surface area contributed by atoms with Crippen LogP contribution in [0.1, 0.15) is 45.1 Å². The molecule has 0 bridgehead atoms. The van der Waals surface area contributed by atoms with Crippen molar-refractivity contribution in [2.45, 2.75) is 52.1 Å². The van der Waals surface area contributed by atoms with E-state index in [1.54, 1.807) is 11.7 Å². The number of aromatic nitrogens is 2. The lowest BCUT2D eigenvalue weighted by Gasteiger charge is -2.17. The van der Waals surface area contributed by atoms with Crippen molar-refractivity contribution in [3.05, 3.63) is 18.0 Å². The quantitative estimate of drug-likeness (QED) is 0.324. The summed E-state index contributed by atoms with van der Waals surface area (Å²) in [4.78, 5) is 4.25. The van der Waals surface area contributed by atoms with Crippen LogP contribution in [0.2, 0.25) is 0 Å². The van der Waals surface area contributed by atoms with Crippen LogP contribution >= 0.6 is 24.0 Å². The Morgan fingerprint density at radius 3 is 2.75 bits per heavy atom. The number of hydrogen-bond donors (Lipinski definition) is 2. The standard InChI is InChI=1S/C14H27N5.HI/c1-5-6-7-8-12(2)18-14(15-3)16-9-13-10-17-19(4)11-13;/h10-12H,5-9H2,1-4H3,(H2,15,16,18);1H. The predicted octanol–water partition coefficient (Wildman–Crippen LogP) is 2.67. The second kappa shape index (κ2) is 10.9. The van der Waals surface area contributed by atoms with Crippen molar-refractivity contribution in [2.75, 3.05) is 7.05 Å². The molecule has 0 spiro atoms. The molecule has 1 atom stereocenters. The van der Waals surface area contributed by atoms with E-state index in [0.29, 0.717) is 6.04 Å². The first-order chi connectivity index (χ1) is 9.15. The highest BCUT2D eigenvalue weighted by atomic mass is 127. The largest absolute Gasteiger partial charge is 0.354 e. The van der Waals surface area contributed by atoms with E-state index in [4.69, 9.17) is 0 Å². The zero-order valence-electron chi connectivity index (χ0n) is 13.0. The first-order valence-electron chi connectivity index (χ1n) is 7.10. The number of guanidine groups is 1. The van der Waals surface area contributed by atoms with Crippen molar-refractivity contribution in [1.29, 1.82) is 0 Å². The second-order valence-corrected chi connectivity index (χ2v) is 4.99. The van der Waals surface area contributed by atoms with Crippen LogP contribution in [-0.4, -0.2) is 28.8 Å². The monoisotopic (exact) mass is 393 g/mol. The third kappa shape index (κ3) is 7.72. The van der Waals surface area contributed by atoms with Crippen molar-refractivity contribution in [2.24, 2.45) is 12.0 Å². The van der Waals surface area contributed by atoms with Gasteiger partial charge in [0.2, 0.25) is 0 Å². The van der Waals surface area contributed by atoms with Crippen LogP contribution < -0.4 is 10.6 Å². The summed E-state index contributed by atoms with van der Waals surface area (Å²) in [6, 6.07) is 0.451. The molecule has 0 amide bonds. The van der Waals surface area contributed by atoms with Gasteiger partial charge in [0.05, 0.1) is 6.20 Å². The van der Waals surface area contributed by atoms with Gasteiger partial charge >= 0.3 is 0 Å². The maximum absolute atomic E-state index is 4.25. The van der Waals surface area contributed by atoms with Gasteiger partial charge < -0.3 is 10.6 Å². The molecule has 20 heavy (non-hydrogen) atoms. The molecule has 1 heterocycles. The zero-order chi connectivity index (χ0) is 14.1. The zero-order valence-corrected chi connectivity index (χ0v) is 15.3. The molecule has 0 aliphatic heterocycles. The summed E-state index contributed by atoms with van der Waals surface area (Å²) in [5, 5.41) is 10.9. The van der Waals surface area contributed by atoms with Crippen LogP contribution in [0.4, 0.5) is 0 Å². The fourth-order valence-electron chi connectivity index (χ4n) is 1.95. The molecule has 1 aromatic heterocycles. The number of halogens is 1. The van der Waals surface area contributed by atoms with Crippen molar-refractivity contribution in [3.63, 3.8) is 0 Å². The van der Waals surface area contributed by atoms with E-state index in [1.807, 2.05) is 19.4 Å². The second-order valence-electron chi connectivity index (χ2n) is 4.99. The summed E-state index contributed by atoms with van der Waals surface area (Å²) in [6.07, 6.45) is 8.88. The summed E-state index contributed by atoms with van der Waals surface area (Å²) < 4.78 is 1.81. The number of nitrogens with one attached hydrogen (secondary N) is 2. The molecule has 0 fully saturated rings. The topological polar surface area (TPSA) is 54.2 Å². The molecule has 1 unspecified atom stereocenters. The third-order valence-corrected chi connectivity index (χ3v) is 3.07. The van der Waals surface area contributed by atoms with Crippen molar-refractivity contribution >= 4 is 29.9 Å². The Balaban J connectivity index is 0.00000361. The van der Waals surface area contributed by atoms with Gasteiger partial charge in [0.1, 0.15) is 0 Å². The molecular weight excluding hydrogens is 365 g/mol. The summed E-state index contributed by atoms with van der Waals surface area (Å²) in [6.45, 7) is 5.17. The summed E-state index contributed by atoms with van der Waals surface area (Å²) >= 11 is 0. The van der Waals surface area contributed by atoms with Gasteiger partial charge in [-0.3, -0.25) is 9.67 Å². The highest BCUT2D eigenvalue weighted by molar-refractivity contribution is 14.0. The highest BCUT2D eigenvalue weighted by Crippen LogP contribution is 2.02. The number of rotatable bonds is 7. The molecule has 0 aliphatic rings. The first kappa shape index (κ1) is 19.2. The fourth-order valence-corrected chi connectivity index (χ4v) is 1.95. The number of nitrogens with zero attached hydrogens (tertiary/aromatic N) is 3. The molecular formula is C14H28IN5. The molecule has 2 N–H and O–H groups in total. The molecule has 0 radical (unpaired) electrons. The van der Waals surface area contributed by atoms with Gasteiger partial charge in [0, 0.05) is 38.4 Å². The first-order valence-corrected chi connectivity index (χ1v) is 7.10. The SMILES string of the molecule is CCCCCC(C)NC(=NC)NCc1cnn(C)c1.I. The van der Waals surface area contributed by atoms with E-state index in [-0.39, 0.29) is 24.0 Å². The van der Waals surface area contributed by atoms with E-state index < -0.39 is 0 Å². The molecule has 5 nitrogen and oxygen atoms in total. The summed E-state index contributed by atoms with van der Waals surface area (Å²) in [5.74, 6) is 0.854. The number of aryl methyl sites for hydroxylation is 1. The number of hydrogen-bond acceptors (Lipinski definition) is 2. The van der Waals surface area contributed by atoms with Gasteiger partial charge in [-0.1, -0.05) is 26.2 Å². The Labute approximate surface area is 139 Å². The van der Waals surface area contributed by atoms with E-state index in [1.165, 1.54) is 25.7 Å². The van der Waals surface area contributed by atoms with E-state index in [2.05, 4.69) is 34.6 Å². The Hall–Kier alpha value is -0.790. The van der Waals surface area contributed by atoms with Crippen LogP contribution in [0.3, 0.4) is 0 Å². The van der Waals surface area contributed by atoms with Crippen LogP contribution in [0.15, 0.2) is 17.4 Å². The van der Waals surface area contributed by atoms with Crippen molar-refractivity contribution in [1.82, 2.24) is 20.4 Å². The van der Waals surface area contributed by atoms with E-state index in [0.717, 1.165) is 18.1 Å². The third-order valence-electron chi connectivity index (χ3n) is 3.07. The fraction of sp³-hybridized carbons (Fsp3) is 0.714. The highest BCUT2D eigenvalue weighted by Gasteiger charge is 2.05.